The van der Waals surface area contributed by atoms with Crippen LogP contribution in [-0.4, -0.2) is 0 Å². The number of nitriles is 1. The molecule has 12 aromatic rings. The monoisotopic (exact) mass is 705 g/mol. The van der Waals surface area contributed by atoms with Gasteiger partial charge in [-0.1, -0.05) is 164 Å². The fourth-order valence-electron chi connectivity index (χ4n) is 9.87. The van der Waals surface area contributed by atoms with Gasteiger partial charge >= 0.3 is 0 Å². The van der Waals surface area contributed by atoms with Gasteiger partial charge in [0.1, 0.15) is 0 Å². The fraction of sp³-hybridized carbons (Fsp3) is 0. The Kier molecular flexibility index (Phi) is 6.47. The van der Waals surface area contributed by atoms with Crippen LogP contribution in [0.25, 0.3) is 120 Å². The Hall–Kier alpha value is -7.53. The van der Waals surface area contributed by atoms with Crippen LogP contribution < -0.4 is 0 Å². The molecule has 0 amide bonds. The molecule has 0 saturated heterocycles. The van der Waals surface area contributed by atoms with Crippen molar-refractivity contribution in [3.63, 3.8) is 0 Å². The first-order valence-electron chi connectivity index (χ1n) is 19.2. The van der Waals surface area contributed by atoms with E-state index < -0.39 is 0 Å². The normalized spacial score (nSPS) is 11.9. The summed E-state index contributed by atoms with van der Waals surface area (Å²) in [5.74, 6) is 0. The van der Waals surface area contributed by atoms with Gasteiger partial charge in [-0.05, 0) is 144 Å². The van der Waals surface area contributed by atoms with Crippen molar-refractivity contribution in [2.75, 3.05) is 0 Å². The lowest BCUT2D eigenvalue weighted by molar-refractivity contribution is 1.48. The minimum atomic E-state index is 0.668. The van der Waals surface area contributed by atoms with Gasteiger partial charge in [-0.2, -0.15) is 5.26 Å². The quantitative estimate of drug-likeness (QED) is 0.167. The van der Waals surface area contributed by atoms with E-state index in [1.165, 1.54) is 109 Å². The molecule has 0 aromatic heterocycles. The summed E-state index contributed by atoms with van der Waals surface area (Å²) in [4.78, 5) is 0. The van der Waals surface area contributed by atoms with Crippen molar-refractivity contribution >= 4 is 75.4 Å². The largest absolute Gasteiger partial charge is 0.192 e. The predicted octanol–water partition coefficient (Wildman–Crippen LogP) is 15.2. The Bertz CT molecular complexity index is 3560. The number of benzene rings is 10. The minimum absolute atomic E-state index is 0.668. The highest BCUT2D eigenvalue weighted by Crippen LogP contribution is 2.55. The lowest BCUT2D eigenvalue weighted by atomic mass is 9.84. The molecule has 56 heavy (non-hydrogen) atoms. The van der Waals surface area contributed by atoms with Crippen molar-refractivity contribution in [1.29, 1.82) is 5.26 Å². The third-order valence-electron chi connectivity index (χ3n) is 12.2. The molecule has 0 spiro atoms. The summed E-state index contributed by atoms with van der Waals surface area (Å²) >= 11 is 0. The first kappa shape index (κ1) is 30.9. The lowest BCUT2D eigenvalue weighted by Gasteiger charge is -2.19. The molecule has 0 aliphatic heterocycles. The molecule has 0 aliphatic rings. The third kappa shape index (κ3) is 4.24. The zero-order chi connectivity index (χ0) is 36.9. The van der Waals surface area contributed by atoms with Crippen LogP contribution in [0.5, 0.6) is 0 Å². The van der Waals surface area contributed by atoms with Gasteiger partial charge in [0, 0.05) is 0 Å². The van der Waals surface area contributed by atoms with E-state index in [4.69, 9.17) is 0 Å². The molecule has 0 radical (unpaired) electrons. The summed E-state index contributed by atoms with van der Waals surface area (Å²) in [5.41, 5.74) is 10.3. The zero-order valence-corrected chi connectivity index (χ0v) is 30.3. The summed E-state index contributed by atoms with van der Waals surface area (Å²) in [6, 6.07) is 70.9. The molecule has 1 heteroatoms. The van der Waals surface area contributed by atoms with E-state index in [2.05, 4.69) is 170 Å². The maximum Gasteiger partial charge on any atom is 0.0991 e. The van der Waals surface area contributed by atoms with Crippen molar-refractivity contribution in [2.24, 2.45) is 0 Å². The average molecular weight is 706 g/mol. The van der Waals surface area contributed by atoms with Crippen LogP contribution in [0, 0.1) is 11.3 Å². The second-order valence-electron chi connectivity index (χ2n) is 15.0. The Morgan fingerprint density at radius 2 is 0.786 bits per heavy atom. The molecule has 12 aromatic carbocycles. The number of hydrogen-bond donors (Lipinski definition) is 0. The molecule has 12 rings (SSSR count). The summed E-state index contributed by atoms with van der Waals surface area (Å²) in [6.07, 6.45) is 0. The molecular weight excluding hydrogens is 675 g/mol. The smallest absolute Gasteiger partial charge is 0.0991 e. The zero-order valence-electron chi connectivity index (χ0n) is 30.3. The second kappa shape index (κ2) is 11.7. The van der Waals surface area contributed by atoms with E-state index >= 15 is 0 Å². The number of nitrogens with zero attached hydrogens (tertiary/aromatic N) is 1. The van der Waals surface area contributed by atoms with E-state index in [0.717, 1.165) is 11.1 Å². The van der Waals surface area contributed by atoms with Gasteiger partial charge in [-0.15, -0.1) is 0 Å². The summed E-state index contributed by atoms with van der Waals surface area (Å²) in [6.45, 7) is 0. The Morgan fingerprint density at radius 3 is 1.52 bits per heavy atom. The topological polar surface area (TPSA) is 23.8 Å². The second-order valence-corrected chi connectivity index (χ2v) is 15.0. The molecule has 256 valence electrons. The fourth-order valence-corrected chi connectivity index (χ4v) is 9.87. The van der Waals surface area contributed by atoms with Crippen LogP contribution in [0.15, 0.2) is 188 Å². The molecule has 0 saturated carbocycles. The van der Waals surface area contributed by atoms with Gasteiger partial charge in [-0.25, -0.2) is 0 Å². The van der Waals surface area contributed by atoms with Crippen molar-refractivity contribution in [3.8, 4) is 50.6 Å². The molecule has 1 nitrogen and oxygen atoms in total. The van der Waals surface area contributed by atoms with Crippen LogP contribution in [0.4, 0.5) is 0 Å². The van der Waals surface area contributed by atoms with Crippen LogP contribution in [-0.2, 0) is 0 Å². The highest BCUT2D eigenvalue weighted by molar-refractivity contribution is 6.45. The van der Waals surface area contributed by atoms with Gasteiger partial charge in [-0.3, -0.25) is 0 Å². The lowest BCUT2D eigenvalue weighted by Crippen LogP contribution is -1.91. The highest BCUT2D eigenvalue weighted by Gasteiger charge is 2.26. The SMILES string of the molecule is N#Cc1ccc(-c2cccc(-c3ccc4c5c(-c6ccccc6)c6cc7c8ccccc8c8cccc(c6c(-c6ccccc6)c5c5cccc3c45)c87)c2)cc1. The Labute approximate surface area is 323 Å². The summed E-state index contributed by atoms with van der Waals surface area (Å²) in [7, 11) is 0. The number of fused-ring (bicyclic) bond motifs is 8. The number of rotatable bonds is 4. The summed E-state index contributed by atoms with van der Waals surface area (Å²) in [5, 5.41) is 27.6. The van der Waals surface area contributed by atoms with Gasteiger partial charge in [0.2, 0.25) is 0 Å². The maximum absolute atomic E-state index is 9.38. The van der Waals surface area contributed by atoms with Gasteiger partial charge < -0.3 is 0 Å². The van der Waals surface area contributed by atoms with Crippen molar-refractivity contribution in [2.45, 2.75) is 0 Å². The van der Waals surface area contributed by atoms with Crippen molar-refractivity contribution in [3.05, 3.63) is 194 Å². The molecule has 0 bridgehead atoms. The van der Waals surface area contributed by atoms with Gasteiger partial charge in [0.05, 0.1) is 11.6 Å². The van der Waals surface area contributed by atoms with Crippen LogP contribution >= 0.6 is 0 Å². The van der Waals surface area contributed by atoms with Crippen molar-refractivity contribution < 1.29 is 0 Å². The van der Waals surface area contributed by atoms with E-state index in [1.807, 2.05) is 24.3 Å². The molecule has 0 fully saturated rings. The van der Waals surface area contributed by atoms with E-state index in [9.17, 15) is 5.26 Å². The van der Waals surface area contributed by atoms with Crippen LogP contribution in [0.3, 0.4) is 0 Å². The minimum Gasteiger partial charge on any atom is -0.192 e. The standard InChI is InChI=1S/C55H31N/c56-32-33-24-26-34(27-25-33)37-16-9-17-38(30-37)39-28-29-46-51-42(39)20-10-23-45(51)55-50(36-14-5-2-6-15-36)53-44-22-11-21-43-40-18-7-8-19-41(40)47(52(43)44)31-48(53)49(54(46)55)35-12-3-1-4-13-35/h1-31H. The number of hydrogen-bond acceptors (Lipinski definition) is 1. The van der Waals surface area contributed by atoms with Gasteiger partial charge in [0.15, 0.2) is 0 Å². The van der Waals surface area contributed by atoms with Crippen LogP contribution in [0.2, 0.25) is 0 Å². The first-order chi connectivity index (χ1) is 27.8. The molecular formula is C55H31N. The Morgan fingerprint density at radius 1 is 0.268 bits per heavy atom. The maximum atomic E-state index is 9.38. The molecule has 0 unspecified atom stereocenters. The summed E-state index contributed by atoms with van der Waals surface area (Å²) < 4.78 is 0. The first-order valence-corrected chi connectivity index (χ1v) is 19.2. The third-order valence-corrected chi connectivity index (χ3v) is 12.2. The highest BCUT2D eigenvalue weighted by atomic mass is 14.3. The average Bonchev–Trinajstić information content (AvgIpc) is 3.78. The van der Waals surface area contributed by atoms with E-state index in [1.54, 1.807) is 0 Å². The molecule has 0 heterocycles. The molecule has 0 aliphatic carbocycles. The predicted molar refractivity (Wildman–Crippen MR) is 238 cm³/mol. The van der Waals surface area contributed by atoms with E-state index in [-0.39, 0.29) is 0 Å². The molecule has 0 N–H and O–H groups in total. The van der Waals surface area contributed by atoms with Crippen LogP contribution in [0.1, 0.15) is 5.56 Å². The van der Waals surface area contributed by atoms with Crippen molar-refractivity contribution in [1.82, 2.24) is 0 Å². The Balaban J connectivity index is 1.27. The van der Waals surface area contributed by atoms with Gasteiger partial charge in [0.25, 0.3) is 0 Å². The molecule has 0 atom stereocenters. The van der Waals surface area contributed by atoms with E-state index in [0.29, 0.717) is 5.56 Å².